The lowest BCUT2D eigenvalue weighted by molar-refractivity contribution is -0.118. The molecule has 26 heavy (non-hydrogen) atoms. The quantitative estimate of drug-likeness (QED) is 0.714. The fraction of sp³-hybridized carbons (Fsp3) is 0.316. The smallest absolute Gasteiger partial charge is 0.262 e. The van der Waals surface area contributed by atoms with Gasteiger partial charge in [-0.2, -0.15) is 0 Å². The zero-order valence-corrected chi connectivity index (χ0v) is 17.0. The Balaban J connectivity index is 1.62. The summed E-state index contributed by atoms with van der Waals surface area (Å²) in [5.74, 6) is 3.24. The molecule has 1 aliphatic heterocycles. The Bertz CT molecular complexity index is 794. The van der Waals surface area contributed by atoms with E-state index >= 15 is 0 Å². The number of carbonyl (C=O) groups excluding carboxylic acids is 1. The second-order valence-electron chi connectivity index (χ2n) is 5.80. The number of halogens is 1. The van der Waals surface area contributed by atoms with Crippen molar-refractivity contribution in [2.75, 3.05) is 30.5 Å². The van der Waals surface area contributed by atoms with Gasteiger partial charge in [0.2, 0.25) is 0 Å². The summed E-state index contributed by atoms with van der Waals surface area (Å²) < 4.78 is 11.5. The first-order chi connectivity index (χ1) is 12.6. The third-order valence-electron chi connectivity index (χ3n) is 3.84. The van der Waals surface area contributed by atoms with Crippen LogP contribution in [0.4, 0.5) is 5.69 Å². The fourth-order valence-corrected chi connectivity index (χ4v) is 5.67. The number of thioether (sulfide) groups is 2. The molecular weight excluding hydrogens is 390 g/mol. The zero-order valence-electron chi connectivity index (χ0n) is 14.6. The van der Waals surface area contributed by atoms with Gasteiger partial charge in [0.15, 0.2) is 18.1 Å². The van der Waals surface area contributed by atoms with Gasteiger partial charge >= 0.3 is 0 Å². The molecule has 1 amide bonds. The van der Waals surface area contributed by atoms with Crippen molar-refractivity contribution in [3.63, 3.8) is 0 Å². The number of hydrogen-bond donors (Lipinski definition) is 1. The van der Waals surface area contributed by atoms with Crippen molar-refractivity contribution in [1.29, 1.82) is 0 Å². The average Bonchev–Trinajstić information content (AvgIpc) is 3.17. The number of benzene rings is 2. The van der Waals surface area contributed by atoms with Crippen LogP contribution in [0.3, 0.4) is 0 Å². The summed E-state index contributed by atoms with van der Waals surface area (Å²) in [5, 5.41) is 3.26. The summed E-state index contributed by atoms with van der Waals surface area (Å²) in [7, 11) is 1.60. The van der Waals surface area contributed by atoms with Crippen molar-refractivity contribution >= 4 is 46.7 Å². The molecule has 1 aliphatic rings. The Morgan fingerprint density at radius 1 is 1.19 bits per heavy atom. The number of carbonyl (C=O) groups is 1. The first-order valence-corrected chi connectivity index (χ1v) is 10.6. The third kappa shape index (κ3) is 4.81. The van der Waals surface area contributed by atoms with Crippen LogP contribution in [0.5, 0.6) is 11.5 Å². The highest BCUT2D eigenvalue weighted by atomic mass is 35.5. The van der Waals surface area contributed by atoms with Crippen LogP contribution in [0.2, 0.25) is 5.02 Å². The van der Waals surface area contributed by atoms with Gasteiger partial charge < -0.3 is 14.8 Å². The second-order valence-corrected chi connectivity index (χ2v) is 8.94. The summed E-state index contributed by atoms with van der Waals surface area (Å²) in [6, 6.07) is 11.4. The highest BCUT2D eigenvalue weighted by Gasteiger charge is 2.20. The number of aryl methyl sites for hydroxylation is 1. The minimum Gasteiger partial charge on any atom is -0.493 e. The lowest BCUT2D eigenvalue weighted by Gasteiger charge is -2.14. The van der Waals surface area contributed by atoms with Crippen LogP contribution in [-0.2, 0) is 4.79 Å². The van der Waals surface area contributed by atoms with E-state index in [1.807, 2.05) is 54.7 Å². The molecule has 4 nitrogen and oxygen atoms in total. The second kappa shape index (κ2) is 8.93. The van der Waals surface area contributed by atoms with Crippen LogP contribution >= 0.6 is 35.1 Å². The zero-order chi connectivity index (χ0) is 18.5. The van der Waals surface area contributed by atoms with E-state index in [1.165, 1.54) is 5.56 Å². The number of nitrogens with one attached hydrogen (secondary N) is 1. The largest absolute Gasteiger partial charge is 0.493 e. The van der Waals surface area contributed by atoms with E-state index in [2.05, 4.69) is 5.32 Å². The number of methoxy groups -OCH3 is 1. The average molecular weight is 410 g/mol. The number of amides is 1. The van der Waals surface area contributed by atoms with E-state index in [0.717, 1.165) is 17.1 Å². The number of anilines is 1. The van der Waals surface area contributed by atoms with Gasteiger partial charge in [-0.15, -0.1) is 23.5 Å². The molecule has 0 atom stereocenters. The van der Waals surface area contributed by atoms with E-state index in [0.29, 0.717) is 26.8 Å². The van der Waals surface area contributed by atoms with E-state index in [1.54, 1.807) is 19.2 Å². The molecule has 0 spiro atoms. The van der Waals surface area contributed by atoms with Crippen LogP contribution < -0.4 is 14.8 Å². The SMILES string of the molecule is COc1cc(C2SCCS2)ccc1OCC(=O)Nc1ccc(C)cc1Cl. The molecule has 7 heteroatoms. The molecule has 1 fully saturated rings. The maximum Gasteiger partial charge on any atom is 0.262 e. The molecule has 1 N–H and O–H groups in total. The number of rotatable bonds is 6. The Morgan fingerprint density at radius 3 is 2.65 bits per heavy atom. The molecule has 0 saturated carbocycles. The van der Waals surface area contributed by atoms with Gasteiger partial charge in [0.1, 0.15) is 0 Å². The van der Waals surface area contributed by atoms with Crippen molar-refractivity contribution in [3.8, 4) is 11.5 Å². The summed E-state index contributed by atoms with van der Waals surface area (Å²) in [6.07, 6.45) is 0. The molecule has 0 aromatic heterocycles. The standard InChI is InChI=1S/C19H20ClNO3S2/c1-12-3-5-15(14(20)9-12)21-18(22)11-24-16-6-4-13(10-17(16)23-2)19-25-7-8-26-19/h3-6,9-10,19H,7-8,11H2,1-2H3,(H,21,22). The van der Waals surface area contributed by atoms with Crippen molar-refractivity contribution in [1.82, 2.24) is 0 Å². The first kappa shape index (κ1) is 19.3. The predicted molar refractivity (Wildman–Crippen MR) is 111 cm³/mol. The summed E-state index contributed by atoms with van der Waals surface area (Å²) in [5.41, 5.74) is 2.81. The molecular formula is C19H20ClNO3S2. The van der Waals surface area contributed by atoms with E-state index < -0.39 is 0 Å². The Morgan fingerprint density at radius 2 is 1.96 bits per heavy atom. The first-order valence-electron chi connectivity index (χ1n) is 8.17. The van der Waals surface area contributed by atoms with Gasteiger partial charge in [-0.3, -0.25) is 4.79 Å². The van der Waals surface area contributed by atoms with Gasteiger partial charge in [0.25, 0.3) is 5.91 Å². The van der Waals surface area contributed by atoms with Gasteiger partial charge in [-0.05, 0) is 42.3 Å². The predicted octanol–water partition coefficient (Wildman–Crippen LogP) is 5.15. The maximum atomic E-state index is 12.2. The molecule has 138 valence electrons. The van der Waals surface area contributed by atoms with Crippen LogP contribution in [0.15, 0.2) is 36.4 Å². The minimum atomic E-state index is -0.274. The van der Waals surface area contributed by atoms with Crippen LogP contribution in [0.1, 0.15) is 15.7 Å². The van der Waals surface area contributed by atoms with Crippen LogP contribution in [0.25, 0.3) is 0 Å². The number of hydrogen-bond acceptors (Lipinski definition) is 5. The van der Waals surface area contributed by atoms with E-state index in [4.69, 9.17) is 21.1 Å². The van der Waals surface area contributed by atoms with Crippen molar-refractivity contribution in [2.45, 2.75) is 11.5 Å². The third-order valence-corrected chi connectivity index (χ3v) is 7.26. The molecule has 0 aliphatic carbocycles. The summed E-state index contributed by atoms with van der Waals surface area (Å²) in [6.45, 7) is 1.83. The van der Waals surface area contributed by atoms with E-state index in [9.17, 15) is 4.79 Å². The highest BCUT2D eigenvalue weighted by Crippen LogP contribution is 2.46. The highest BCUT2D eigenvalue weighted by molar-refractivity contribution is 8.19. The lowest BCUT2D eigenvalue weighted by Crippen LogP contribution is -2.20. The van der Waals surface area contributed by atoms with Gasteiger partial charge in [0.05, 0.1) is 22.4 Å². The van der Waals surface area contributed by atoms with Crippen molar-refractivity contribution in [3.05, 3.63) is 52.5 Å². The summed E-state index contributed by atoms with van der Waals surface area (Å²) >= 11 is 10.0. The maximum absolute atomic E-state index is 12.2. The van der Waals surface area contributed by atoms with Gasteiger partial charge in [-0.25, -0.2) is 0 Å². The van der Waals surface area contributed by atoms with Crippen LogP contribution in [-0.4, -0.2) is 31.1 Å². The Hall–Kier alpha value is -1.50. The normalized spacial score (nSPS) is 14.3. The minimum absolute atomic E-state index is 0.118. The van der Waals surface area contributed by atoms with Crippen molar-refractivity contribution in [2.24, 2.45) is 0 Å². The molecule has 0 bridgehead atoms. The molecule has 1 heterocycles. The monoisotopic (exact) mass is 409 g/mol. The fourth-order valence-electron chi connectivity index (χ4n) is 2.55. The molecule has 0 radical (unpaired) electrons. The molecule has 2 aromatic carbocycles. The molecule has 2 aromatic rings. The van der Waals surface area contributed by atoms with E-state index in [-0.39, 0.29) is 12.5 Å². The topological polar surface area (TPSA) is 47.6 Å². The Labute approximate surface area is 167 Å². The molecule has 3 rings (SSSR count). The van der Waals surface area contributed by atoms with Crippen molar-refractivity contribution < 1.29 is 14.3 Å². The Kier molecular flexibility index (Phi) is 6.62. The summed E-state index contributed by atoms with van der Waals surface area (Å²) in [4.78, 5) is 12.2. The van der Waals surface area contributed by atoms with Crippen LogP contribution in [0, 0.1) is 6.92 Å². The molecule has 1 saturated heterocycles. The number of ether oxygens (including phenoxy) is 2. The lowest BCUT2D eigenvalue weighted by atomic mass is 10.2. The van der Waals surface area contributed by atoms with Gasteiger partial charge in [0, 0.05) is 11.5 Å². The van der Waals surface area contributed by atoms with Gasteiger partial charge in [-0.1, -0.05) is 23.7 Å². The molecule has 0 unspecified atom stereocenters.